The minimum atomic E-state index is -1.07. The Hall–Kier alpha value is -2.48. The van der Waals surface area contributed by atoms with Crippen molar-refractivity contribution in [1.82, 2.24) is 24.5 Å². The molecule has 0 fully saturated rings. The summed E-state index contributed by atoms with van der Waals surface area (Å²) in [4.78, 5) is 16.0. The molecule has 0 saturated heterocycles. The number of thiophene rings is 1. The summed E-state index contributed by atoms with van der Waals surface area (Å²) in [6.45, 7) is 1.19. The fraction of sp³-hybridized carbons (Fsp3) is 0.167. The summed E-state index contributed by atoms with van der Waals surface area (Å²) < 4.78 is 3.52. The van der Waals surface area contributed by atoms with Crippen molar-refractivity contribution >= 4 is 17.3 Å². The summed E-state index contributed by atoms with van der Waals surface area (Å²) in [5, 5.41) is 18.8. The first-order valence-electron chi connectivity index (χ1n) is 5.92. The van der Waals surface area contributed by atoms with Crippen molar-refractivity contribution in [3.05, 3.63) is 41.9 Å². The van der Waals surface area contributed by atoms with E-state index >= 15 is 0 Å². The average molecular weight is 289 g/mol. The van der Waals surface area contributed by atoms with E-state index in [-0.39, 0.29) is 5.69 Å². The fourth-order valence-corrected chi connectivity index (χ4v) is 2.67. The van der Waals surface area contributed by atoms with Crippen molar-refractivity contribution in [2.75, 3.05) is 0 Å². The average Bonchev–Trinajstić information content (AvgIpc) is 3.17. The normalized spacial score (nSPS) is 10.8. The number of aryl methyl sites for hydroxylation is 2. The number of hydrogen-bond acceptors (Lipinski definition) is 5. The minimum absolute atomic E-state index is 0.0157. The molecule has 3 rings (SSSR count). The van der Waals surface area contributed by atoms with Crippen LogP contribution in [0.3, 0.4) is 0 Å². The van der Waals surface area contributed by atoms with E-state index in [1.54, 1.807) is 17.2 Å². The van der Waals surface area contributed by atoms with Gasteiger partial charge in [0.15, 0.2) is 5.69 Å². The Kier molecular flexibility index (Phi) is 3.30. The van der Waals surface area contributed by atoms with Crippen LogP contribution < -0.4 is 0 Å². The summed E-state index contributed by atoms with van der Waals surface area (Å²) in [5.41, 5.74) is 0.533. The highest BCUT2D eigenvalue weighted by molar-refractivity contribution is 7.13. The van der Waals surface area contributed by atoms with Crippen LogP contribution in [0, 0.1) is 0 Å². The fourth-order valence-electron chi connectivity index (χ4n) is 1.90. The summed E-state index contributed by atoms with van der Waals surface area (Å²) >= 11 is 1.47. The van der Waals surface area contributed by atoms with Crippen molar-refractivity contribution in [3.8, 4) is 10.6 Å². The standard InChI is InChI=1S/C12H11N5O2S/c18-12(19)10-11(9-2-1-7-20-9)17(15-14-10)6-5-16-4-3-13-8-16/h1-4,7-8H,5-6H2,(H,18,19). The molecule has 0 aromatic carbocycles. The van der Waals surface area contributed by atoms with Gasteiger partial charge in [0.2, 0.25) is 0 Å². The SMILES string of the molecule is O=C(O)c1nnn(CCn2ccnc2)c1-c1cccs1. The summed E-state index contributed by atoms with van der Waals surface area (Å²) in [7, 11) is 0. The van der Waals surface area contributed by atoms with Crippen LogP contribution in [-0.2, 0) is 13.1 Å². The second-order valence-corrected chi connectivity index (χ2v) is 5.04. The van der Waals surface area contributed by atoms with Crippen molar-refractivity contribution in [2.45, 2.75) is 13.1 Å². The molecule has 3 aromatic rings. The zero-order valence-electron chi connectivity index (χ0n) is 10.4. The lowest BCUT2D eigenvalue weighted by Crippen LogP contribution is -2.09. The Bertz CT molecular complexity index is 702. The molecule has 0 atom stereocenters. The van der Waals surface area contributed by atoms with Gasteiger partial charge < -0.3 is 9.67 Å². The van der Waals surface area contributed by atoms with Crippen LogP contribution in [0.15, 0.2) is 36.2 Å². The predicted molar refractivity (Wildman–Crippen MR) is 72.5 cm³/mol. The van der Waals surface area contributed by atoms with Gasteiger partial charge in [-0.2, -0.15) is 0 Å². The zero-order valence-corrected chi connectivity index (χ0v) is 11.2. The molecule has 0 amide bonds. The van der Waals surface area contributed by atoms with E-state index < -0.39 is 5.97 Å². The van der Waals surface area contributed by atoms with E-state index in [1.165, 1.54) is 11.3 Å². The van der Waals surface area contributed by atoms with Crippen LogP contribution in [-0.4, -0.2) is 35.6 Å². The Balaban J connectivity index is 1.92. The summed E-state index contributed by atoms with van der Waals surface area (Å²) in [5.74, 6) is -1.07. The topological polar surface area (TPSA) is 85.8 Å². The Morgan fingerprint density at radius 1 is 1.40 bits per heavy atom. The number of rotatable bonds is 5. The molecule has 102 valence electrons. The van der Waals surface area contributed by atoms with E-state index in [9.17, 15) is 9.90 Å². The predicted octanol–water partition coefficient (Wildman–Crippen LogP) is 1.60. The molecule has 7 nitrogen and oxygen atoms in total. The molecule has 0 spiro atoms. The quantitative estimate of drug-likeness (QED) is 0.771. The van der Waals surface area contributed by atoms with Gasteiger partial charge in [-0.05, 0) is 11.4 Å². The van der Waals surface area contributed by atoms with Crippen LogP contribution >= 0.6 is 11.3 Å². The smallest absolute Gasteiger partial charge is 0.358 e. The highest BCUT2D eigenvalue weighted by atomic mass is 32.1. The van der Waals surface area contributed by atoms with Gasteiger partial charge in [-0.25, -0.2) is 14.5 Å². The maximum Gasteiger partial charge on any atom is 0.358 e. The third-order valence-electron chi connectivity index (χ3n) is 2.82. The van der Waals surface area contributed by atoms with Gasteiger partial charge in [-0.15, -0.1) is 16.4 Å². The van der Waals surface area contributed by atoms with Gasteiger partial charge in [0.1, 0.15) is 5.69 Å². The molecule has 0 aliphatic carbocycles. The van der Waals surface area contributed by atoms with Gasteiger partial charge in [-0.3, -0.25) is 0 Å². The second kappa shape index (κ2) is 5.25. The molecule has 0 aliphatic heterocycles. The summed E-state index contributed by atoms with van der Waals surface area (Å²) in [6, 6.07) is 3.74. The van der Waals surface area contributed by atoms with Gasteiger partial charge in [-0.1, -0.05) is 11.3 Å². The highest BCUT2D eigenvalue weighted by Crippen LogP contribution is 2.27. The van der Waals surface area contributed by atoms with Gasteiger partial charge in [0.05, 0.1) is 17.7 Å². The van der Waals surface area contributed by atoms with Crippen LogP contribution in [0.4, 0.5) is 0 Å². The third kappa shape index (κ3) is 2.32. The molecule has 1 N–H and O–H groups in total. The molecule has 0 bridgehead atoms. The van der Waals surface area contributed by atoms with Crippen molar-refractivity contribution in [3.63, 3.8) is 0 Å². The lowest BCUT2D eigenvalue weighted by atomic mass is 10.2. The van der Waals surface area contributed by atoms with Crippen LogP contribution in [0.5, 0.6) is 0 Å². The van der Waals surface area contributed by atoms with Crippen LogP contribution in [0.2, 0.25) is 0 Å². The number of carboxylic acids is 1. The van der Waals surface area contributed by atoms with Crippen LogP contribution in [0.1, 0.15) is 10.5 Å². The highest BCUT2D eigenvalue weighted by Gasteiger charge is 2.21. The van der Waals surface area contributed by atoms with Gasteiger partial charge in [0, 0.05) is 18.9 Å². The Morgan fingerprint density at radius 3 is 2.95 bits per heavy atom. The lowest BCUT2D eigenvalue weighted by Gasteiger charge is -2.06. The monoisotopic (exact) mass is 289 g/mol. The van der Waals surface area contributed by atoms with Gasteiger partial charge in [0.25, 0.3) is 0 Å². The molecule has 8 heteroatoms. The number of carbonyl (C=O) groups is 1. The van der Waals surface area contributed by atoms with E-state index in [2.05, 4.69) is 15.3 Å². The van der Waals surface area contributed by atoms with E-state index in [1.807, 2.05) is 28.3 Å². The largest absolute Gasteiger partial charge is 0.476 e. The van der Waals surface area contributed by atoms with E-state index in [0.717, 1.165) is 4.88 Å². The number of nitrogens with zero attached hydrogens (tertiary/aromatic N) is 5. The molecule has 0 unspecified atom stereocenters. The Morgan fingerprint density at radius 2 is 2.30 bits per heavy atom. The minimum Gasteiger partial charge on any atom is -0.476 e. The van der Waals surface area contributed by atoms with Crippen LogP contribution in [0.25, 0.3) is 10.6 Å². The number of imidazole rings is 1. The molecule has 0 aliphatic rings. The molecule has 3 heterocycles. The maximum absolute atomic E-state index is 11.2. The molecule has 20 heavy (non-hydrogen) atoms. The zero-order chi connectivity index (χ0) is 13.9. The van der Waals surface area contributed by atoms with E-state index in [4.69, 9.17) is 0 Å². The molecule has 3 aromatic heterocycles. The second-order valence-electron chi connectivity index (χ2n) is 4.09. The number of aromatic carboxylic acids is 1. The first-order chi connectivity index (χ1) is 9.75. The first-order valence-corrected chi connectivity index (χ1v) is 6.80. The maximum atomic E-state index is 11.2. The third-order valence-corrected chi connectivity index (χ3v) is 3.70. The number of aromatic nitrogens is 5. The van der Waals surface area contributed by atoms with E-state index in [0.29, 0.717) is 18.8 Å². The molecular formula is C12H11N5O2S. The molecular weight excluding hydrogens is 278 g/mol. The molecule has 0 saturated carbocycles. The molecule has 0 radical (unpaired) electrons. The van der Waals surface area contributed by atoms with Gasteiger partial charge >= 0.3 is 5.97 Å². The number of carboxylic acid groups (broad SMARTS) is 1. The first kappa shape index (κ1) is 12.5. The van der Waals surface area contributed by atoms with Crippen molar-refractivity contribution in [2.24, 2.45) is 0 Å². The van der Waals surface area contributed by atoms with Crippen molar-refractivity contribution in [1.29, 1.82) is 0 Å². The van der Waals surface area contributed by atoms with Crippen molar-refractivity contribution < 1.29 is 9.90 Å². The lowest BCUT2D eigenvalue weighted by molar-refractivity contribution is 0.0691. The summed E-state index contributed by atoms with van der Waals surface area (Å²) in [6.07, 6.45) is 5.25. The Labute approximate surface area is 118 Å². The number of hydrogen-bond donors (Lipinski definition) is 1.